The molecule has 152 valence electrons. The van der Waals surface area contributed by atoms with Crippen LogP contribution in [0.2, 0.25) is 0 Å². The third-order valence-corrected chi connectivity index (χ3v) is 5.54. The highest BCUT2D eigenvalue weighted by atomic mass is 32.1. The van der Waals surface area contributed by atoms with Crippen molar-refractivity contribution in [3.8, 4) is 22.1 Å². The van der Waals surface area contributed by atoms with Gasteiger partial charge in [0.15, 0.2) is 11.5 Å². The molecule has 0 aliphatic rings. The summed E-state index contributed by atoms with van der Waals surface area (Å²) in [5, 5.41) is 5.64. The van der Waals surface area contributed by atoms with Crippen molar-refractivity contribution in [2.75, 3.05) is 28.3 Å². The van der Waals surface area contributed by atoms with Crippen LogP contribution in [0.25, 0.3) is 10.6 Å². The summed E-state index contributed by atoms with van der Waals surface area (Å²) in [6, 6.07) is 13.5. The van der Waals surface area contributed by atoms with E-state index in [1.807, 2.05) is 42.5 Å². The Morgan fingerprint density at radius 1 is 1.10 bits per heavy atom. The van der Waals surface area contributed by atoms with Gasteiger partial charge in [-0.1, -0.05) is 18.2 Å². The van der Waals surface area contributed by atoms with Gasteiger partial charge >= 0.3 is 0 Å². The Labute approximate surface area is 175 Å². The quantitative estimate of drug-likeness (QED) is 0.596. The number of nitrogens with one attached hydrogen (secondary N) is 2. The van der Waals surface area contributed by atoms with Crippen molar-refractivity contribution >= 4 is 17.2 Å². The molecule has 1 heterocycles. The molecule has 7 heteroatoms. The third kappa shape index (κ3) is 4.93. The molecule has 1 amide bonds. The fourth-order valence-corrected chi connectivity index (χ4v) is 4.05. The van der Waals surface area contributed by atoms with Crippen molar-refractivity contribution in [2.45, 2.75) is 13.1 Å². The van der Waals surface area contributed by atoms with Crippen LogP contribution in [-0.4, -0.2) is 39.2 Å². The number of ether oxygens (including phenoxy) is 2. The third-order valence-electron chi connectivity index (χ3n) is 4.62. The zero-order chi connectivity index (χ0) is 20.8. The first-order chi connectivity index (χ1) is 14.0. The van der Waals surface area contributed by atoms with E-state index in [1.165, 1.54) is 10.5 Å². The van der Waals surface area contributed by atoms with Crippen LogP contribution in [0, 0.1) is 0 Å². The van der Waals surface area contributed by atoms with Gasteiger partial charge in [-0.3, -0.25) is 4.79 Å². The van der Waals surface area contributed by atoms with Gasteiger partial charge in [0, 0.05) is 23.6 Å². The Morgan fingerprint density at radius 3 is 2.52 bits per heavy atom. The van der Waals surface area contributed by atoms with E-state index >= 15 is 0 Å². The lowest BCUT2D eigenvalue weighted by Gasteiger charge is -2.13. The number of nitrogens with zero attached hydrogens (tertiary/aromatic N) is 1. The van der Waals surface area contributed by atoms with Gasteiger partial charge in [-0.2, -0.15) is 0 Å². The van der Waals surface area contributed by atoms with Crippen LogP contribution in [0.1, 0.15) is 21.6 Å². The van der Waals surface area contributed by atoms with Gasteiger partial charge in [-0.05, 0) is 24.3 Å². The van der Waals surface area contributed by atoms with E-state index in [0.29, 0.717) is 17.1 Å². The average Bonchev–Trinajstić information content (AvgIpc) is 3.21. The largest absolute Gasteiger partial charge is 0.493 e. The number of methoxy groups -OCH3 is 2. The summed E-state index contributed by atoms with van der Waals surface area (Å²) in [5.41, 5.74) is 3.82. The minimum absolute atomic E-state index is 0.0692. The predicted molar refractivity (Wildman–Crippen MR) is 115 cm³/mol. The second kappa shape index (κ2) is 9.54. The van der Waals surface area contributed by atoms with Crippen LogP contribution in [0.5, 0.6) is 11.5 Å². The summed E-state index contributed by atoms with van der Waals surface area (Å²) >= 11 is 1.60. The molecule has 0 spiro atoms. The summed E-state index contributed by atoms with van der Waals surface area (Å²) in [7, 11) is 7.05. The Bertz CT molecular complexity index is 970. The number of thiazole rings is 1. The molecule has 0 saturated carbocycles. The van der Waals surface area contributed by atoms with Crippen LogP contribution in [-0.2, 0) is 13.1 Å². The minimum atomic E-state index is -0.0692. The highest BCUT2D eigenvalue weighted by Crippen LogP contribution is 2.38. The van der Waals surface area contributed by atoms with Crippen LogP contribution < -0.4 is 19.7 Å². The summed E-state index contributed by atoms with van der Waals surface area (Å²) < 4.78 is 10.9. The fraction of sp³-hybridized carbons (Fsp3) is 0.273. The Morgan fingerprint density at radius 2 is 1.86 bits per heavy atom. The van der Waals surface area contributed by atoms with Crippen molar-refractivity contribution in [3.63, 3.8) is 0 Å². The van der Waals surface area contributed by atoms with Crippen molar-refractivity contribution < 1.29 is 19.2 Å². The molecule has 29 heavy (non-hydrogen) atoms. The molecule has 0 aliphatic carbocycles. The molecular formula is C22H26N3O3S+. The first-order valence-electron chi connectivity index (χ1n) is 9.33. The highest BCUT2D eigenvalue weighted by Gasteiger charge is 2.16. The van der Waals surface area contributed by atoms with E-state index in [1.54, 1.807) is 32.6 Å². The Hall–Kier alpha value is -2.90. The van der Waals surface area contributed by atoms with Crippen LogP contribution in [0.4, 0.5) is 0 Å². The van der Waals surface area contributed by atoms with Gasteiger partial charge in [0.25, 0.3) is 5.91 Å². The zero-order valence-electron chi connectivity index (χ0n) is 17.1. The topological polar surface area (TPSA) is 64.9 Å². The van der Waals surface area contributed by atoms with Gasteiger partial charge in [-0.15, -0.1) is 11.3 Å². The number of aromatic nitrogens is 1. The number of hydrogen-bond acceptors (Lipinski definition) is 5. The van der Waals surface area contributed by atoms with E-state index in [2.05, 4.69) is 17.7 Å². The van der Waals surface area contributed by atoms with Crippen molar-refractivity contribution in [2.24, 2.45) is 0 Å². The number of amides is 1. The molecule has 1 aromatic heterocycles. The van der Waals surface area contributed by atoms with E-state index < -0.39 is 0 Å². The fourth-order valence-electron chi connectivity index (χ4n) is 3.21. The van der Waals surface area contributed by atoms with Crippen LogP contribution in [0.3, 0.4) is 0 Å². The van der Waals surface area contributed by atoms with Crippen LogP contribution >= 0.6 is 11.3 Å². The number of hydrogen-bond donors (Lipinski definition) is 2. The molecule has 0 aliphatic heterocycles. The maximum absolute atomic E-state index is 11.7. The van der Waals surface area contributed by atoms with Gasteiger partial charge in [0.1, 0.15) is 23.8 Å². The molecule has 6 nitrogen and oxygen atoms in total. The number of carbonyl (C=O) groups excluding carboxylic acids is 1. The average molecular weight is 413 g/mol. The monoisotopic (exact) mass is 412 g/mol. The number of quaternary nitrogens is 1. The van der Waals surface area contributed by atoms with E-state index in [9.17, 15) is 4.79 Å². The molecule has 1 atom stereocenters. The zero-order valence-corrected chi connectivity index (χ0v) is 17.9. The number of carbonyl (C=O) groups is 1. The maximum Gasteiger partial charge on any atom is 0.251 e. The SMILES string of the molecule is CNC(=O)c1ccc(C[NH+](C)Cc2csc(-c3cccc(OC)c3OC)n2)cc1. The lowest BCUT2D eigenvalue weighted by atomic mass is 10.1. The molecule has 3 rings (SSSR count). The highest BCUT2D eigenvalue weighted by molar-refractivity contribution is 7.13. The first-order valence-corrected chi connectivity index (χ1v) is 10.2. The Balaban J connectivity index is 1.68. The number of rotatable bonds is 8. The molecule has 0 radical (unpaired) electrons. The maximum atomic E-state index is 11.7. The smallest absolute Gasteiger partial charge is 0.251 e. The van der Waals surface area contributed by atoms with Crippen molar-refractivity contribution in [1.82, 2.24) is 10.3 Å². The van der Waals surface area contributed by atoms with Crippen LogP contribution in [0.15, 0.2) is 47.8 Å². The van der Waals surface area contributed by atoms with Gasteiger partial charge < -0.3 is 19.7 Å². The molecule has 0 saturated heterocycles. The second-order valence-electron chi connectivity index (χ2n) is 6.77. The summed E-state index contributed by atoms with van der Waals surface area (Å²) in [4.78, 5) is 17.8. The normalized spacial score (nSPS) is 11.7. The molecule has 0 bridgehead atoms. The summed E-state index contributed by atoms with van der Waals surface area (Å²) in [6.45, 7) is 1.66. The van der Waals surface area contributed by atoms with Gasteiger partial charge in [0.2, 0.25) is 0 Å². The Kier molecular flexibility index (Phi) is 6.85. The van der Waals surface area contributed by atoms with Crippen molar-refractivity contribution in [3.05, 3.63) is 64.7 Å². The van der Waals surface area contributed by atoms with Crippen molar-refractivity contribution in [1.29, 1.82) is 0 Å². The van der Waals surface area contributed by atoms with Gasteiger partial charge in [0.05, 0.1) is 26.8 Å². The predicted octanol–water partition coefficient (Wildman–Crippen LogP) is 2.40. The molecule has 2 N–H and O–H groups in total. The first kappa shape index (κ1) is 20.8. The standard InChI is InChI=1S/C22H25N3O3S/c1-23-21(26)16-10-8-15(9-11-16)12-25(2)13-17-14-29-22(24-17)18-6-5-7-19(27-3)20(18)28-4/h5-11,14H,12-13H2,1-4H3,(H,23,26)/p+1. The summed E-state index contributed by atoms with van der Waals surface area (Å²) in [6.07, 6.45) is 0. The summed E-state index contributed by atoms with van der Waals surface area (Å²) in [5.74, 6) is 1.33. The second-order valence-corrected chi connectivity index (χ2v) is 7.63. The molecule has 1 unspecified atom stereocenters. The van der Waals surface area contributed by atoms with E-state index in [0.717, 1.165) is 29.4 Å². The molecule has 2 aromatic carbocycles. The lowest BCUT2D eigenvalue weighted by molar-refractivity contribution is -0.908. The lowest BCUT2D eigenvalue weighted by Crippen LogP contribution is -3.06. The van der Waals surface area contributed by atoms with E-state index in [4.69, 9.17) is 14.5 Å². The minimum Gasteiger partial charge on any atom is -0.493 e. The number of para-hydroxylation sites is 1. The van der Waals surface area contributed by atoms with Gasteiger partial charge in [-0.25, -0.2) is 4.98 Å². The molecule has 3 aromatic rings. The molecular weight excluding hydrogens is 386 g/mol. The number of benzene rings is 2. The molecule has 0 fully saturated rings. The van der Waals surface area contributed by atoms with E-state index in [-0.39, 0.29) is 5.91 Å².